The van der Waals surface area contributed by atoms with E-state index in [4.69, 9.17) is 16.3 Å². The van der Waals surface area contributed by atoms with Gasteiger partial charge in [0.1, 0.15) is 5.75 Å². The molecule has 0 saturated carbocycles. The van der Waals surface area contributed by atoms with Crippen molar-refractivity contribution in [3.8, 4) is 5.75 Å². The molecule has 1 saturated heterocycles. The van der Waals surface area contributed by atoms with Gasteiger partial charge in [-0.2, -0.15) is 13.2 Å². The zero-order chi connectivity index (χ0) is 21.9. The van der Waals surface area contributed by atoms with Crippen LogP contribution in [0, 0.1) is 0 Å². The lowest BCUT2D eigenvalue weighted by Gasteiger charge is -2.33. The number of likely N-dealkylation sites (tertiary alicyclic amines) is 1. The average Bonchev–Trinajstić information content (AvgIpc) is 2.73. The number of carbonyl (C=O) groups is 2. The van der Waals surface area contributed by atoms with Crippen LogP contribution in [0.4, 0.5) is 13.2 Å². The van der Waals surface area contributed by atoms with E-state index in [9.17, 15) is 22.8 Å². The molecule has 30 heavy (non-hydrogen) atoms. The van der Waals surface area contributed by atoms with Crippen molar-refractivity contribution in [3.63, 3.8) is 0 Å². The van der Waals surface area contributed by atoms with E-state index in [1.807, 2.05) is 0 Å². The molecule has 2 amide bonds. The van der Waals surface area contributed by atoms with Crippen molar-refractivity contribution in [2.75, 3.05) is 20.2 Å². The number of alkyl halides is 3. The molecule has 5 nitrogen and oxygen atoms in total. The normalized spacial score (nSPS) is 15.0. The molecule has 0 radical (unpaired) electrons. The molecule has 9 heteroatoms. The SMILES string of the molecule is COc1ccc(Cl)cc1C(=O)NC1CCN(C(=O)c2ccccc2C(F)(F)F)CC1. The number of halogens is 4. The van der Waals surface area contributed by atoms with Crippen LogP contribution in [0.5, 0.6) is 5.75 Å². The molecule has 0 spiro atoms. The molecular weight excluding hydrogens is 421 g/mol. The maximum Gasteiger partial charge on any atom is 0.417 e. The number of hydrogen-bond donors (Lipinski definition) is 1. The Kier molecular flexibility index (Phi) is 6.55. The Morgan fingerprint density at radius 1 is 1.10 bits per heavy atom. The van der Waals surface area contributed by atoms with E-state index in [0.29, 0.717) is 29.2 Å². The third kappa shape index (κ3) is 4.87. The lowest BCUT2D eigenvalue weighted by Crippen LogP contribution is -2.46. The van der Waals surface area contributed by atoms with E-state index in [-0.39, 0.29) is 30.6 Å². The van der Waals surface area contributed by atoms with Crippen LogP contribution >= 0.6 is 11.6 Å². The van der Waals surface area contributed by atoms with Crippen molar-refractivity contribution in [3.05, 3.63) is 64.2 Å². The molecule has 1 fully saturated rings. The summed E-state index contributed by atoms with van der Waals surface area (Å²) in [5.74, 6) is -0.640. The molecule has 1 N–H and O–H groups in total. The highest BCUT2D eigenvalue weighted by Gasteiger charge is 2.36. The van der Waals surface area contributed by atoms with E-state index >= 15 is 0 Å². The summed E-state index contributed by atoms with van der Waals surface area (Å²) in [5.41, 5.74) is -1.02. The molecule has 0 aromatic heterocycles. The van der Waals surface area contributed by atoms with Crippen LogP contribution in [0.1, 0.15) is 39.1 Å². The predicted octanol–water partition coefficient (Wildman–Crippen LogP) is 4.40. The first-order chi connectivity index (χ1) is 14.2. The monoisotopic (exact) mass is 440 g/mol. The van der Waals surface area contributed by atoms with Crippen LogP contribution in [0.3, 0.4) is 0 Å². The summed E-state index contributed by atoms with van der Waals surface area (Å²) in [6, 6.07) is 9.24. The number of rotatable bonds is 4. The Bertz CT molecular complexity index is 941. The molecular formula is C21H20ClF3N2O3. The van der Waals surface area contributed by atoms with Gasteiger partial charge in [0.05, 0.1) is 23.8 Å². The highest BCUT2D eigenvalue weighted by atomic mass is 35.5. The highest BCUT2D eigenvalue weighted by Crippen LogP contribution is 2.32. The summed E-state index contributed by atoms with van der Waals surface area (Å²) in [6.45, 7) is 0.477. The fraction of sp³-hybridized carbons (Fsp3) is 0.333. The first-order valence-electron chi connectivity index (χ1n) is 9.30. The van der Waals surface area contributed by atoms with Gasteiger partial charge in [-0.05, 0) is 43.2 Å². The van der Waals surface area contributed by atoms with Crippen molar-refractivity contribution in [2.24, 2.45) is 0 Å². The van der Waals surface area contributed by atoms with Crippen molar-refractivity contribution >= 4 is 23.4 Å². The van der Waals surface area contributed by atoms with Gasteiger partial charge in [0.25, 0.3) is 11.8 Å². The summed E-state index contributed by atoms with van der Waals surface area (Å²) >= 11 is 5.96. The third-order valence-corrected chi connectivity index (χ3v) is 5.22. The second-order valence-corrected chi connectivity index (χ2v) is 7.36. The number of hydrogen-bond acceptors (Lipinski definition) is 3. The minimum atomic E-state index is -4.60. The number of nitrogens with one attached hydrogen (secondary N) is 1. The quantitative estimate of drug-likeness (QED) is 0.766. The molecule has 0 unspecified atom stereocenters. The summed E-state index contributed by atoms with van der Waals surface area (Å²) < 4.78 is 44.8. The Morgan fingerprint density at radius 2 is 1.77 bits per heavy atom. The van der Waals surface area contributed by atoms with Crippen LogP contribution in [0.2, 0.25) is 5.02 Å². The first-order valence-corrected chi connectivity index (χ1v) is 9.68. The van der Waals surface area contributed by atoms with E-state index in [0.717, 1.165) is 6.07 Å². The van der Waals surface area contributed by atoms with Crippen LogP contribution in [0.25, 0.3) is 0 Å². The van der Waals surface area contributed by atoms with Crippen LogP contribution in [-0.4, -0.2) is 43.0 Å². The minimum absolute atomic E-state index is 0.219. The van der Waals surface area contributed by atoms with Crippen LogP contribution in [0.15, 0.2) is 42.5 Å². The molecule has 2 aromatic rings. The Hall–Kier alpha value is -2.74. The van der Waals surface area contributed by atoms with Gasteiger partial charge < -0.3 is 15.0 Å². The third-order valence-electron chi connectivity index (χ3n) is 4.99. The summed E-state index contributed by atoms with van der Waals surface area (Å²) in [7, 11) is 1.45. The van der Waals surface area contributed by atoms with Gasteiger partial charge in [-0.1, -0.05) is 23.7 Å². The molecule has 0 bridgehead atoms. The van der Waals surface area contributed by atoms with E-state index < -0.39 is 17.6 Å². The van der Waals surface area contributed by atoms with Crippen LogP contribution < -0.4 is 10.1 Å². The number of nitrogens with zero attached hydrogens (tertiary/aromatic N) is 1. The number of benzene rings is 2. The second kappa shape index (κ2) is 8.95. The largest absolute Gasteiger partial charge is 0.496 e. The minimum Gasteiger partial charge on any atom is -0.496 e. The molecule has 1 aliphatic heterocycles. The zero-order valence-electron chi connectivity index (χ0n) is 16.1. The number of amides is 2. The number of piperidine rings is 1. The van der Waals surface area contributed by atoms with Crippen molar-refractivity contribution < 1.29 is 27.5 Å². The fourth-order valence-corrected chi connectivity index (χ4v) is 3.61. The van der Waals surface area contributed by atoms with Crippen molar-refractivity contribution in [1.82, 2.24) is 10.2 Å². The summed E-state index contributed by atoms with van der Waals surface area (Å²) in [6.07, 6.45) is -3.75. The van der Waals surface area contributed by atoms with Gasteiger partial charge in [0, 0.05) is 24.2 Å². The lowest BCUT2D eigenvalue weighted by molar-refractivity contribution is -0.138. The smallest absolute Gasteiger partial charge is 0.417 e. The lowest BCUT2D eigenvalue weighted by atomic mass is 10.0. The maximum atomic E-state index is 13.2. The molecule has 160 valence electrons. The topological polar surface area (TPSA) is 58.6 Å². The van der Waals surface area contributed by atoms with E-state index in [2.05, 4.69) is 5.32 Å². The Labute approximate surface area is 176 Å². The van der Waals surface area contributed by atoms with Gasteiger partial charge in [-0.25, -0.2) is 0 Å². The van der Waals surface area contributed by atoms with Gasteiger partial charge >= 0.3 is 6.18 Å². The summed E-state index contributed by atoms with van der Waals surface area (Å²) in [5, 5.41) is 3.27. The maximum absolute atomic E-state index is 13.2. The number of methoxy groups -OCH3 is 1. The van der Waals surface area contributed by atoms with Gasteiger partial charge in [-0.15, -0.1) is 0 Å². The van der Waals surface area contributed by atoms with Gasteiger partial charge in [0.15, 0.2) is 0 Å². The molecule has 3 rings (SSSR count). The number of ether oxygens (including phenoxy) is 1. The summed E-state index contributed by atoms with van der Waals surface area (Å²) in [4.78, 5) is 26.6. The first kappa shape index (κ1) is 22.0. The van der Waals surface area contributed by atoms with Crippen molar-refractivity contribution in [1.29, 1.82) is 0 Å². The molecule has 0 atom stereocenters. The molecule has 2 aromatic carbocycles. The Balaban J connectivity index is 1.64. The standard InChI is InChI=1S/C21H20ClF3N2O3/c1-30-18-7-6-13(22)12-16(18)19(28)26-14-8-10-27(11-9-14)20(29)15-4-2-3-5-17(15)21(23,24)25/h2-7,12,14H,8-11H2,1H3,(H,26,28). The molecule has 1 heterocycles. The molecule has 0 aliphatic carbocycles. The zero-order valence-corrected chi connectivity index (χ0v) is 16.9. The van der Waals surface area contributed by atoms with Crippen LogP contribution in [-0.2, 0) is 6.18 Å². The van der Waals surface area contributed by atoms with E-state index in [1.165, 1.54) is 36.3 Å². The Morgan fingerprint density at radius 3 is 2.40 bits per heavy atom. The van der Waals surface area contributed by atoms with Crippen molar-refractivity contribution in [2.45, 2.75) is 25.1 Å². The van der Waals surface area contributed by atoms with Gasteiger partial charge in [-0.3, -0.25) is 9.59 Å². The number of carbonyl (C=O) groups excluding carboxylic acids is 2. The van der Waals surface area contributed by atoms with E-state index in [1.54, 1.807) is 12.1 Å². The highest BCUT2D eigenvalue weighted by molar-refractivity contribution is 6.31. The molecule has 1 aliphatic rings. The van der Waals surface area contributed by atoms with Gasteiger partial charge in [0.2, 0.25) is 0 Å². The average molecular weight is 441 g/mol. The second-order valence-electron chi connectivity index (χ2n) is 6.93. The fourth-order valence-electron chi connectivity index (χ4n) is 3.43. The predicted molar refractivity (Wildman–Crippen MR) is 106 cm³/mol.